The van der Waals surface area contributed by atoms with Crippen molar-refractivity contribution in [3.8, 4) is 0 Å². The summed E-state index contributed by atoms with van der Waals surface area (Å²) in [5, 5.41) is 3.78. The molecule has 3 heterocycles. The van der Waals surface area contributed by atoms with Crippen molar-refractivity contribution in [1.82, 2.24) is 9.88 Å². The van der Waals surface area contributed by atoms with Gasteiger partial charge in [-0.2, -0.15) is 0 Å². The second kappa shape index (κ2) is 4.80. The Labute approximate surface area is 154 Å². The van der Waals surface area contributed by atoms with Crippen molar-refractivity contribution in [2.75, 3.05) is 0 Å². The molecule has 4 unspecified atom stereocenters. The van der Waals surface area contributed by atoms with E-state index < -0.39 is 0 Å². The lowest BCUT2D eigenvalue weighted by atomic mass is 9.71. The molecule has 4 nitrogen and oxygen atoms in total. The first-order valence-corrected chi connectivity index (χ1v) is 9.72. The number of hydrogen-bond acceptors (Lipinski definition) is 3. The first kappa shape index (κ1) is 14.6. The van der Waals surface area contributed by atoms with Crippen molar-refractivity contribution in [3.63, 3.8) is 0 Å². The number of hydrogen-bond donors (Lipinski definition) is 1. The molecule has 0 saturated carbocycles. The Morgan fingerprint density at radius 3 is 2.62 bits per heavy atom. The summed E-state index contributed by atoms with van der Waals surface area (Å²) in [7, 11) is 2.08. The molecule has 26 heavy (non-hydrogen) atoms. The van der Waals surface area contributed by atoms with E-state index in [9.17, 15) is 9.59 Å². The van der Waals surface area contributed by atoms with Crippen LogP contribution in [0.1, 0.15) is 28.7 Å². The summed E-state index contributed by atoms with van der Waals surface area (Å²) in [6.07, 6.45) is 0. The van der Waals surface area contributed by atoms with Crippen LogP contribution in [0.3, 0.4) is 0 Å². The van der Waals surface area contributed by atoms with Crippen LogP contribution in [0.15, 0.2) is 53.4 Å². The molecule has 0 bridgehead atoms. The minimum Gasteiger partial charge on any atom is -0.347 e. The molecule has 0 radical (unpaired) electrons. The molecule has 2 aromatic carbocycles. The van der Waals surface area contributed by atoms with Crippen LogP contribution in [-0.4, -0.2) is 21.6 Å². The van der Waals surface area contributed by atoms with E-state index in [0.29, 0.717) is 0 Å². The van der Waals surface area contributed by atoms with Gasteiger partial charge in [0.25, 0.3) is 0 Å². The average molecular weight is 360 g/mol. The van der Waals surface area contributed by atoms with Crippen LogP contribution < -0.4 is 5.32 Å². The Morgan fingerprint density at radius 1 is 0.962 bits per heavy atom. The number of carbonyl (C=O) groups is 2. The monoisotopic (exact) mass is 360 g/mol. The molecule has 3 aromatic rings. The summed E-state index contributed by atoms with van der Waals surface area (Å²) in [5.41, 5.74) is 4.65. The molecule has 4 atom stereocenters. The predicted octanol–water partition coefficient (Wildman–Crippen LogP) is 3.15. The zero-order valence-corrected chi connectivity index (χ0v) is 14.9. The maximum atomic E-state index is 12.7. The van der Waals surface area contributed by atoms with Gasteiger partial charge in [0.15, 0.2) is 0 Å². The fourth-order valence-electron chi connectivity index (χ4n) is 5.21. The number of nitrogens with one attached hydrogen (secondary N) is 1. The summed E-state index contributed by atoms with van der Waals surface area (Å²) in [4.78, 5) is 26.7. The lowest BCUT2D eigenvalue weighted by molar-refractivity contribution is -0.125. The Kier molecular flexibility index (Phi) is 2.70. The number of nitrogens with zero attached hydrogens (tertiary/aromatic N) is 1. The van der Waals surface area contributed by atoms with Crippen molar-refractivity contribution in [1.29, 1.82) is 0 Å². The molecule has 0 spiro atoms. The SMILES string of the molecule is Cn1c2c(c3ccccc31)C1C(=O)NC(=O)C1C1Sc3ccccc3C21. The zero-order chi connectivity index (χ0) is 17.6. The quantitative estimate of drug-likeness (QED) is 0.627. The lowest BCUT2D eigenvalue weighted by Crippen LogP contribution is -2.36. The second-order valence-electron chi connectivity index (χ2n) is 7.33. The molecule has 1 saturated heterocycles. The Hall–Kier alpha value is -2.53. The van der Waals surface area contributed by atoms with Gasteiger partial charge in [0.1, 0.15) is 0 Å². The first-order valence-electron chi connectivity index (χ1n) is 8.84. The van der Waals surface area contributed by atoms with Crippen LogP contribution in [0.5, 0.6) is 0 Å². The molecule has 2 amide bonds. The van der Waals surface area contributed by atoms with Gasteiger partial charge in [-0.3, -0.25) is 14.9 Å². The minimum atomic E-state index is -0.383. The number of rotatable bonds is 0. The van der Waals surface area contributed by atoms with Gasteiger partial charge in [-0.05, 0) is 23.3 Å². The van der Waals surface area contributed by atoms with Crippen molar-refractivity contribution >= 4 is 34.5 Å². The highest BCUT2D eigenvalue weighted by Gasteiger charge is 2.58. The Morgan fingerprint density at radius 2 is 1.73 bits per heavy atom. The molecule has 1 fully saturated rings. The molecule has 1 aliphatic carbocycles. The predicted molar refractivity (Wildman–Crippen MR) is 100 cm³/mol. The summed E-state index contributed by atoms with van der Waals surface area (Å²) in [5.74, 6) is -0.808. The third-order valence-corrected chi connectivity index (χ3v) is 7.65. The van der Waals surface area contributed by atoms with E-state index in [2.05, 4.69) is 47.3 Å². The minimum absolute atomic E-state index is 0.0689. The van der Waals surface area contributed by atoms with Gasteiger partial charge in [0, 0.05) is 39.7 Å². The highest BCUT2D eigenvalue weighted by Crippen LogP contribution is 2.60. The van der Waals surface area contributed by atoms with E-state index in [1.807, 2.05) is 18.2 Å². The number of benzene rings is 2. The molecule has 6 rings (SSSR count). The number of para-hydroxylation sites is 1. The van der Waals surface area contributed by atoms with Crippen molar-refractivity contribution in [2.45, 2.75) is 22.0 Å². The van der Waals surface area contributed by atoms with E-state index in [0.717, 1.165) is 16.5 Å². The third-order valence-electron chi connectivity index (χ3n) is 6.19. The van der Waals surface area contributed by atoms with Crippen LogP contribution in [0.4, 0.5) is 0 Å². The maximum Gasteiger partial charge on any atom is 0.235 e. The topological polar surface area (TPSA) is 51.1 Å². The zero-order valence-electron chi connectivity index (χ0n) is 14.1. The number of imide groups is 1. The van der Waals surface area contributed by atoms with Crippen LogP contribution in [0, 0.1) is 5.92 Å². The number of thioether (sulfide) groups is 1. The van der Waals surface area contributed by atoms with Crippen molar-refractivity contribution in [2.24, 2.45) is 13.0 Å². The third kappa shape index (κ3) is 1.58. The van der Waals surface area contributed by atoms with Gasteiger partial charge in [0.2, 0.25) is 11.8 Å². The fourth-order valence-corrected chi connectivity index (χ4v) is 6.83. The Bertz CT molecular complexity index is 1130. The molecule has 5 heteroatoms. The van der Waals surface area contributed by atoms with E-state index in [-0.39, 0.29) is 34.8 Å². The summed E-state index contributed by atoms with van der Waals surface area (Å²) < 4.78 is 2.23. The van der Waals surface area contributed by atoms with Crippen molar-refractivity contribution in [3.05, 3.63) is 65.4 Å². The standard InChI is InChI=1S/C21H16N2O2S/c1-23-12-8-4-2-6-10(12)14-16-17(21(25)22-20(16)24)19-15(18(14)23)11-7-3-5-9-13(11)26-19/h2-9,15-17,19H,1H3,(H,22,24,25). The molecular weight excluding hydrogens is 344 g/mol. The molecule has 3 aliphatic rings. The van der Waals surface area contributed by atoms with E-state index in [1.165, 1.54) is 16.2 Å². The lowest BCUT2D eigenvalue weighted by Gasteiger charge is -2.34. The van der Waals surface area contributed by atoms with Gasteiger partial charge >= 0.3 is 0 Å². The molecule has 128 valence electrons. The summed E-state index contributed by atoms with van der Waals surface area (Å²) in [6, 6.07) is 16.6. The second-order valence-corrected chi connectivity index (χ2v) is 8.55. The number of amides is 2. The normalized spacial score (nSPS) is 28.5. The molecule has 1 N–H and O–H groups in total. The number of aryl methyl sites for hydroxylation is 1. The summed E-state index contributed by atoms with van der Waals surface area (Å²) in [6.45, 7) is 0. The fraction of sp³-hybridized carbons (Fsp3) is 0.238. The van der Waals surface area contributed by atoms with E-state index >= 15 is 0 Å². The van der Waals surface area contributed by atoms with Crippen LogP contribution >= 0.6 is 11.8 Å². The maximum absolute atomic E-state index is 12.7. The number of aromatic nitrogens is 1. The smallest absolute Gasteiger partial charge is 0.235 e. The van der Waals surface area contributed by atoms with Gasteiger partial charge in [-0.15, -0.1) is 11.8 Å². The highest BCUT2D eigenvalue weighted by atomic mass is 32.2. The first-order chi connectivity index (χ1) is 12.7. The van der Waals surface area contributed by atoms with Crippen LogP contribution in [0.25, 0.3) is 10.9 Å². The van der Waals surface area contributed by atoms with Gasteiger partial charge in [-0.25, -0.2) is 0 Å². The van der Waals surface area contributed by atoms with Gasteiger partial charge < -0.3 is 4.57 Å². The van der Waals surface area contributed by atoms with E-state index in [4.69, 9.17) is 0 Å². The molecule has 2 aliphatic heterocycles. The van der Waals surface area contributed by atoms with E-state index in [1.54, 1.807) is 11.8 Å². The summed E-state index contributed by atoms with van der Waals surface area (Å²) >= 11 is 1.76. The van der Waals surface area contributed by atoms with Crippen LogP contribution in [0.2, 0.25) is 0 Å². The molecular formula is C21H16N2O2S. The number of fused-ring (bicyclic) bond motifs is 10. The largest absolute Gasteiger partial charge is 0.347 e. The Balaban J connectivity index is 1.74. The van der Waals surface area contributed by atoms with Gasteiger partial charge in [0.05, 0.1) is 11.8 Å². The average Bonchev–Trinajstić information content (AvgIpc) is 3.26. The number of carbonyl (C=O) groups excluding carboxylic acids is 2. The molecule has 1 aromatic heterocycles. The highest BCUT2D eigenvalue weighted by molar-refractivity contribution is 8.00. The van der Waals surface area contributed by atoms with Gasteiger partial charge in [-0.1, -0.05) is 36.4 Å². The van der Waals surface area contributed by atoms with Crippen molar-refractivity contribution < 1.29 is 9.59 Å². The van der Waals surface area contributed by atoms with Crippen LogP contribution in [-0.2, 0) is 16.6 Å².